The summed E-state index contributed by atoms with van der Waals surface area (Å²) in [5.41, 5.74) is 6.32. The predicted molar refractivity (Wildman–Crippen MR) is 79.3 cm³/mol. The van der Waals surface area contributed by atoms with Gasteiger partial charge >= 0.3 is 0 Å². The maximum atomic E-state index is 14.1. The molecule has 0 amide bonds. The second kappa shape index (κ2) is 6.11. The van der Waals surface area contributed by atoms with Crippen molar-refractivity contribution in [2.45, 2.75) is 25.9 Å². The van der Waals surface area contributed by atoms with Crippen LogP contribution in [-0.2, 0) is 0 Å². The summed E-state index contributed by atoms with van der Waals surface area (Å²) in [5, 5.41) is 4.17. The monoisotopic (exact) mass is 359 g/mol. The first-order chi connectivity index (χ1) is 9.86. The molecule has 0 aliphatic heterocycles. The average molecular weight is 360 g/mol. The summed E-state index contributed by atoms with van der Waals surface area (Å²) < 4.78 is 35.3. The second-order valence-electron chi connectivity index (χ2n) is 4.90. The molecule has 2 rings (SSSR count). The lowest BCUT2D eigenvalue weighted by molar-refractivity contribution is 0.398. The number of halogens is 3. The molecule has 4 nitrogen and oxygen atoms in total. The molecule has 1 atom stereocenters. The van der Waals surface area contributed by atoms with Crippen LogP contribution < -0.4 is 10.5 Å². The van der Waals surface area contributed by atoms with Gasteiger partial charge in [-0.3, -0.25) is 4.68 Å². The lowest BCUT2D eigenvalue weighted by atomic mass is 10.0. The molecule has 2 aromatic rings. The zero-order valence-corrected chi connectivity index (χ0v) is 13.5. The molecule has 21 heavy (non-hydrogen) atoms. The van der Waals surface area contributed by atoms with E-state index in [1.807, 2.05) is 13.8 Å². The van der Waals surface area contributed by atoms with Crippen LogP contribution in [0.2, 0.25) is 0 Å². The van der Waals surface area contributed by atoms with Crippen molar-refractivity contribution in [2.75, 3.05) is 7.11 Å². The Kier molecular flexibility index (Phi) is 4.63. The second-order valence-corrected chi connectivity index (χ2v) is 5.81. The number of ether oxygens (including phenoxy) is 1. The van der Waals surface area contributed by atoms with E-state index in [4.69, 9.17) is 10.5 Å². The van der Waals surface area contributed by atoms with Gasteiger partial charge in [-0.05, 0) is 26.0 Å². The molecule has 7 heteroatoms. The summed E-state index contributed by atoms with van der Waals surface area (Å²) in [4.78, 5) is 0. The van der Waals surface area contributed by atoms with Crippen LogP contribution in [0.15, 0.2) is 22.8 Å². The summed E-state index contributed by atoms with van der Waals surface area (Å²) in [5.74, 6) is -1.03. The minimum absolute atomic E-state index is 0.0171. The molecular weight excluding hydrogens is 344 g/mol. The highest BCUT2D eigenvalue weighted by molar-refractivity contribution is 9.10. The Morgan fingerprint density at radius 3 is 2.33 bits per heavy atom. The van der Waals surface area contributed by atoms with Gasteiger partial charge in [0.05, 0.1) is 19.3 Å². The minimum atomic E-state index is -1.02. The molecule has 0 saturated carbocycles. The fourth-order valence-electron chi connectivity index (χ4n) is 2.21. The summed E-state index contributed by atoms with van der Waals surface area (Å²) in [6.45, 7) is 3.80. The maximum Gasteiger partial charge on any atom is 0.161 e. The van der Waals surface area contributed by atoms with E-state index in [2.05, 4.69) is 21.0 Å². The van der Waals surface area contributed by atoms with Crippen molar-refractivity contribution < 1.29 is 13.5 Å². The van der Waals surface area contributed by atoms with Crippen LogP contribution >= 0.6 is 15.9 Å². The van der Waals surface area contributed by atoms with Crippen molar-refractivity contribution in [3.05, 3.63) is 45.7 Å². The van der Waals surface area contributed by atoms with Gasteiger partial charge in [0.1, 0.15) is 17.3 Å². The van der Waals surface area contributed by atoms with Gasteiger partial charge in [-0.1, -0.05) is 15.9 Å². The van der Waals surface area contributed by atoms with E-state index < -0.39 is 17.7 Å². The van der Waals surface area contributed by atoms with Crippen molar-refractivity contribution in [1.82, 2.24) is 9.78 Å². The third kappa shape index (κ3) is 2.94. The van der Waals surface area contributed by atoms with Gasteiger partial charge in [0.2, 0.25) is 0 Å². The largest absolute Gasteiger partial charge is 0.493 e. The molecule has 0 saturated heterocycles. The van der Waals surface area contributed by atoms with E-state index >= 15 is 0 Å². The van der Waals surface area contributed by atoms with E-state index in [9.17, 15) is 8.78 Å². The van der Waals surface area contributed by atoms with Crippen LogP contribution in [0, 0.1) is 11.6 Å². The summed E-state index contributed by atoms with van der Waals surface area (Å²) in [6.07, 6.45) is 1.49. The minimum Gasteiger partial charge on any atom is -0.493 e. The molecule has 0 radical (unpaired) electrons. The number of hydrogen-bond donors (Lipinski definition) is 1. The molecule has 114 valence electrons. The Morgan fingerprint density at radius 2 is 1.86 bits per heavy atom. The first kappa shape index (κ1) is 15.9. The standard InChI is InChI=1S/C14H16BrF2N3O/c1-7(2)20-14(11(21-3)6-19-20)13(18)12-9(16)4-8(15)5-10(12)17/h4-7,13H,18H2,1-3H3. The average Bonchev–Trinajstić information content (AvgIpc) is 2.80. The smallest absolute Gasteiger partial charge is 0.161 e. The van der Waals surface area contributed by atoms with Crippen molar-refractivity contribution in [2.24, 2.45) is 5.73 Å². The maximum absolute atomic E-state index is 14.1. The number of hydrogen-bond acceptors (Lipinski definition) is 3. The Labute approximate surface area is 130 Å². The lowest BCUT2D eigenvalue weighted by Crippen LogP contribution is -2.21. The summed E-state index contributed by atoms with van der Waals surface area (Å²) >= 11 is 3.05. The topological polar surface area (TPSA) is 53.1 Å². The third-order valence-electron chi connectivity index (χ3n) is 3.16. The number of rotatable bonds is 4. The molecule has 0 spiro atoms. The zero-order valence-electron chi connectivity index (χ0n) is 11.9. The highest BCUT2D eigenvalue weighted by Crippen LogP contribution is 2.33. The predicted octanol–water partition coefficient (Wildman–Crippen LogP) is 3.56. The van der Waals surface area contributed by atoms with E-state index in [-0.39, 0.29) is 11.6 Å². The molecule has 0 aliphatic carbocycles. The highest BCUT2D eigenvalue weighted by atomic mass is 79.9. The first-order valence-corrected chi connectivity index (χ1v) is 7.17. The van der Waals surface area contributed by atoms with Crippen LogP contribution in [0.25, 0.3) is 0 Å². The zero-order chi connectivity index (χ0) is 15.7. The summed E-state index contributed by atoms with van der Waals surface area (Å²) in [6, 6.07) is 1.33. The summed E-state index contributed by atoms with van der Waals surface area (Å²) in [7, 11) is 1.46. The Hall–Kier alpha value is -1.47. The fraction of sp³-hybridized carbons (Fsp3) is 0.357. The number of benzene rings is 1. The van der Waals surface area contributed by atoms with E-state index in [1.165, 1.54) is 25.4 Å². The van der Waals surface area contributed by atoms with Gasteiger partial charge in [0.15, 0.2) is 5.75 Å². The highest BCUT2D eigenvalue weighted by Gasteiger charge is 2.26. The number of nitrogens with two attached hydrogens (primary N) is 1. The van der Waals surface area contributed by atoms with Gasteiger partial charge in [0.25, 0.3) is 0 Å². The normalized spacial score (nSPS) is 12.8. The van der Waals surface area contributed by atoms with E-state index in [0.717, 1.165) is 0 Å². The van der Waals surface area contributed by atoms with Gasteiger partial charge < -0.3 is 10.5 Å². The lowest BCUT2D eigenvalue weighted by Gasteiger charge is -2.19. The van der Waals surface area contributed by atoms with Gasteiger partial charge in [-0.25, -0.2) is 8.78 Å². The van der Waals surface area contributed by atoms with Crippen LogP contribution in [-0.4, -0.2) is 16.9 Å². The van der Waals surface area contributed by atoms with Crippen molar-refractivity contribution in [3.8, 4) is 5.75 Å². The quantitative estimate of drug-likeness (QED) is 0.907. The third-order valence-corrected chi connectivity index (χ3v) is 3.61. The van der Waals surface area contributed by atoms with E-state index in [1.54, 1.807) is 4.68 Å². The molecule has 0 fully saturated rings. The fourth-order valence-corrected chi connectivity index (χ4v) is 2.61. The Balaban J connectivity index is 2.60. The molecule has 0 bridgehead atoms. The van der Waals surface area contributed by atoms with Crippen LogP contribution in [0.1, 0.15) is 37.2 Å². The van der Waals surface area contributed by atoms with Crippen molar-refractivity contribution in [1.29, 1.82) is 0 Å². The van der Waals surface area contributed by atoms with Crippen LogP contribution in [0.4, 0.5) is 8.78 Å². The number of nitrogens with zero attached hydrogens (tertiary/aromatic N) is 2. The van der Waals surface area contributed by atoms with Gasteiger partial charge in [-0.15, -0.1) is 0 Å². The Bertz CT molecular complexity index is 635. The Morgan fingerprint density at radius 1 is 1.29 bits per heavy atom. The van der Waals surface area contributed by atoms with Crippen LogP contribution in [0.5, 0.6) is 5.75 Å². The van der Waals surface area contributed by atoms with Crippen molar-refractivity contribution in [3.63, 3.8) is 0 Å². The van der Waals surface area contributed by atoms with Crippen LogP contribution in [0.3, 0.4) is 0 Å². The number of methoxy groups -OCH3 is 1. The molecule has 2 N–H and O–H groups in total. The van der Waals surface area contributed by atoms with Gasteiger partial charge in [-0.2, -0.15) is 5.10 Å². The molecule has 1 aromatic heterocycles. The SMILES string of the molecule is COc1cnn(C(C)C)c1C(N)c1c(F)cc(Br)cc1F. The molecule has 1 unspecified atom stereocenters. The van der Waals surface area contributed by atoms with Gasteiger partial charge in [0, 0.05) is 16.1 Å². The number of aromatic nitrogens is 2. The van der Waals surface area contributed by atoms with Crippen molar-refractivity contribution >= 4 is 15.9 Å². The molecular formula is C14H16BrF2N3O. The molecule has 1 aromatic carbocycles. The first-order valence-electron chi connectivity index (χ1n) is 6.38. The molecule has 0 aliphatic rings. The molecule has 1 heterocycles. The van der Waals surface area contributed by atoms with E-state index in [0.29, 0.717) is 15.9 Å².